The molecular formula is C20H15F3O6. The van der Waals surface area contributed by atoms with Crippen LogP contribution in [0.1, 0.15) is 12.7 Å². The van der Waals surface area contributed by atoms with Crippen molar-refractivity contribution in [3.05, 3.63) is 58.4 Å². The van der Waals surface area contributed by atoms with Crippen molar-refractivity contribution < 1.29 is 36.6 Å². The van der Waals surface area contributed by atoms with Gasteiger partial charge in [-0.25, -0.2) is 0 Å². The molecule has 0 saturated heterocycles. The number of alkyl halides is 3. The van der Waals surface area contributed by atoms with Crippen molar-refractivity contribution in [2.45, 2.75) is 13.1 Å². The van der Waals surface area contributed by atoms with Gasteiger partial charge in [0.2, 0.25) is 11.2 Å². The van der Waals surface area contributed by atoms with Gasteiger partial charge in [0.15, 0.2) is 5.78 Å². The van der Waals surface area contributed by atoms with E-state index < -0.39 is 23.1 Å². The molecule has 0 radical (unpaired) electrons. The Labute approximate surface area is 162 Å². The van der Waals surface area contributed by atoms with Crippen molar-refractivity contribution in [1.82, 2.24) is 0 Å². The first-order valence-corrected chi connectivity index (χ1v) is 8.31. The van der Waals surface area contributed by atoms with Crippen molar-refractivity contribution >= 4 is 16.8 Å². The average Bonchev–Trinajstić information content (AvgIpc) is 2.68. The smallest absolute Gasteiger partial charge is 0.453 e. The molecule has 0 N–H and O–H groups in total. The van der Waals surface area contributed by atoms with E-state index in [-0.39, 0.29) is 34.9 Å². The molecule has 0 fully saturated rings. The van der Waals surface area contributed by atoms with Crippen LogP contribution in [0.15, 0.2) is 51.7 Å². The summed E-state index contributed by atoms with van der Waals surface area (Å²) in [4.78, 5) is 23.7. The number of carbonyl (C=O) groups excluding carboxylic acids is 1. The Morgan fingerprint density at radius 3 is 2.24 bits per heavy atom. The predicted octanol–water partition coefficient (Wildman–Crippen LogP) is 4.58. The molecule has 9 heteroatoms. The highest BCUT2D eigenvalue weighted by molar-refractivity contribution is 5.80. The van der Waals surface area contributed by atoms with Crippen LogP contribution in [0.25, 0.3) is 11.0 Å². The maximum Gasteiger partial charge on any atom is 0.453 e. The zero-order valence-corrected chi connectivity index (χ0v) is 15.3. The second-order valence-electron chi connectivity index (χ2n) is 6.01. The van der Waals surface area contributed by atoms with Crippen molar-refractivity contribution in [2.24, 2.45) is 0 Å². The Bertz CT molecular complexity index is 1100. The van der Waals surface area contributed by atoms with Gasteiger partial charge in [0.05, 0.1) is 12.5 Å². The van der Waals surface area contributed by atoms with Crippen molar-refractivity contribution in [1.29, 1.82) is 0 Å². The fourth-order valence-corrected chi connectivity index (χ4v) is 2.47. The topological polar surface area (TPSA) is 75.0 Å². The van der Waals surface area contributed by atoms with Gasteiger partial charge in [0.1, 0.15) is 29.4 Å². The first-order valence-electron chi connectivity index (χ1n) is 8.31. The molecule has 0 bridgehead atoms. The second-order valence-corrected chi connectivity index (χ2v) is 6.01. The van der Waals surface area contributed by atoms with Crippen LogP contribution in [-0.4, -0.2) is 19.5 Å². The standard InChI is InChI=1S/C20H15F3O6/c1-11(24)10-27-14-7-8-15-16(9-14)29-19(20(21,22)23)18(17(15)25)28-13-5-3-12(26-2)4-6-13/h3-9H,10H2,1-2H3. The highest BCUT2D eigenvalue weighted by Crippen LogP contribution is 2.38. The third-order valence-corrected chi connectivity index (χ3v) is 3.80. The van der Waals surface area contributed by atoms with Crippen LogP contribution in [-0.2, 0) is 11.0 Å². The van der Waals surface area contributed by atoms with E-state index in [9.17, 15) is 22.8 Å². The zero-order valence-electron chi connectivity index (χ0n) is 15.3. The van der Waals surface area contributed by atoms with Gasteiger partial charge < -0.3 is 18.6 Å². The van der Waals surface area contributed by atoms with Crippen LogP contribution in [0.4, 0.5) is 13.2 Å². The molecule has 0 aliphatic heterocycles. The predicted molar refractivity (Wildman–Crippen MR) is 96.7 cm³/mol. The van der Waals surface area contributed by atoms with Crippen LogP contribution in [0.3, 0.4) is 0 Å². The van der Waals surface area contributed by atoms with Crippen molar-refractivity contribution in [2.75, 3.05) is 13.7 Å². The van der Waals surface area contributed by atoms with Gasteiger partial charge in [-0.2, -0.15) is 13.2 Å². The van der Waals surface area contributed by atoms with Gasteiger partial charge >= 0.3 is 6.18 Å². The van der Waals surface area contributed by atoms with E-state index in [1.165, 1.54) is 50.4 Å². The van der Waals surface area contributed by atoms with Gasteiger partial charge in [0.25, 0.3) is 5.76 Å². The number of rotatable bonds is 6. The molecule has 0 aliphatic rings. The summed E-state index contributed by atoms with van der Waals surface area (Å²) in [6, 6.07) is 9.40. The minimum absolute atomic E-state index is 0.00404. The first-order chi connectivity index (χ1) is 13.7. The van der Waals surface area contributed by atoms with Crippen LogP contribution in [0.2, 0.25) is 0 Å². The van der Waals surface area contributed by atoms with Gasteiger partial charge in [-0.05, 0) is 43.3 Å². The van der Waals surface area contributed by atoms with E-state index >= 15 is 0 Å². The summed E-state index contributed by atoms with van der Waals surface area (Å²) in [7, 11) is 1.43. The lowest BCUT2D eigenvalue weighted by molar-refractivity contribution is -0.154. The van der Waals surface area contributed by atoms with Crippen LogP contribution in [0.5, 0.6) is 23.0 Å². The quantitative estimate of drug-likeness (QED) is 0.594. The number of Topliss-reactive ketones (excluding diaryl/α,β-unsaturated/α-hetero) is 1. The highest BCUT2D eigenvalue weighted by Gasteiger charge is 2.40. The Morgan fingerprint density at radius 1 is 1.03 bits per heavy atom. The summed E-state index contributed by atoms with van der Waals surface area (Å²) in [5.74, 6) is -2.26. The highest BCUT2D eigenvalue weighted by atomic mass is 19.4. The number of methoxy groups -OCH3 is 1. The van der Waals surface area contributed by atoms with E-state index in [4.69, 9.17) is 18.6 Å². The molecule has 2 aromatic carbocycles. The number of halogens is 3. The summed E-state index contributed by atoms with van der Waals surface area (Å²) in [6.45, 7) is 1.03. The Kier molecular flexibility index (Phi) is 5.49. The molecule has 0 unspecified atom stereocenters. The second kappa shape index (κ2) is 7.86. The van der Waals surface area contributed by atoms with E-state index in [1.807, 2.05) is 0 Å². The Morgan fingerprint density at radius 2 is 1.66 bits per heavy atom. The fourth-order valence-electron chi connectivity index (χ4n) is 2.47. The summed E-state index contributed by atoms with van der Waals surface area (Å²) in [5.41, 5.74) is -1.34. The molecule has 1 heterocycles. The van der Waals surface area contributed by atoms with Gasteiger partial charge in [-0.1, -0.05) is 0 Å². The normalized spacial score (nSPS) is 11.3. The number of hydrogen-bond donors (Lipinski definition) is 0. The lowest BCUT2D eigenvalue weighted by Gasteiger charge is -2.14. The first kappa shape index (κ1) is 20.2. The number of fused-ring (bicyclic) bond motifs is 1. The number of ether oxygens (including phenoxy) is 3. The van der Waals surface area contributed by atoms with Gasteiger partial charge in [-0.3, -0.25) is 9.59 Å². The number of benzene rings is 2. The molecule has 29 heavy (non-hydrogen) atoms. The lowest BCUT2D eigenvalue weighted by Crippen LogP contribution is -2.15. The maximum atomic E-state index is 13.5. The van der Waals surface area contributed by atoms with E-state index in [2.05, 4.69) is 0 Å². The summed E-state index contributed by atoms with van der Waals surface area (Å²) >= 11 is 0. The Balaban J connectivity index is 2.09. The summed E-state index contributed by atoms with van der Waals surface area (Å²) in [6.07, 6.45) is -4.98. The van der Waals surface area contributed by atoms with Crippen LogP contribution in [0, 0.1) is 0 Å². The number of hydrogen-bond acceptors (Lipinski definition) is 6. The van der Waals surface area contributed by atoms with Gasteiger partial charge in [-0.15, -0.1) is 0 Å². The minimum Gasteiger partial charge on any atom is -0.497 e. The molecule has 0 amide bonds. The molecule has 6 nitrogen and oxygen atoms in total. The molecular weight excluding hydrogens is 393 g/mol. The van der Waals surface area contributed by atoms with E-state index in [1.54, 1.807) is 0 Å². The molecule has 3 aromatic rings. The lowest BCUT2D eigenvalue weighted by atomic mass is 10.2. The molecule has 1 aromatic heterocycles. The molecule has 152 valence electrons. The molecule has 3 rings (SSSR count). The van der Waals surface area contributed by atoms with E-state index in [0.29, 0.717) is 5.75 Å². The van der Waals surface area contributed by atoms with Gasteiger partial charge in [0, 0.05) is 6.07 Å². The van der Waals surface area contributed by atoms with Crippen LogP contribution < -0.4 is 19.6 Å². The summed E-state index contributed by atoms with van der Waals surface area (Å²) < 4.78 is 60.9. The Hall–Kier alpha value is -3.49. The van der Waals surface area contributed by atoms with E-state index in [0.717, 1.165) is 6.07 Å². The zero-order chi connectivity index (χ0) is 21.2. The number of carbonyl (C=O) groups is 1. The third kappa shape index (κ3) is 4.50. The molecule has 0 atom stereocenters. The maximum absolute atomic E-state index is 13.5. The third-order valence-electron chi connectivity index (χ3n) is 3.80. The molecule has 0 saturated carbocycles. The van der Waals surface area contributed by atoms with Crippen LogP contribution >= 0.6 is 0 Å². The van der Waals surface area contributed by atoms with Crippen molar-refractivity contribution in [3.63, 3.8) is 0 Å². The summed E-state index contributed by atoms with van der Waals surface area (Å²) in [5, 5.41) is -0.128. The largest absolute Gasteiger partial charge is 0.497 e. The molecule has 0 aliphatic carbocycles. The number of ketones is 1. The minimum atomic E-state index is -4.98. The van der Waals surface area contributed by atoms with Crippen molar-refractivity contribution in [3.8, 4) is 23.0 Å². The fraction of sp³-hybridized carbons (Fsp3) is 0.200. The SMILES string of the molecule is COc1ccc(Oc2c(C(F)(F)F)oc3cc(OCC(C)=O)ccc3c2=O)cc1. The monoisotopic (exact) mass is 408 g/mol. The molecule has 0 spiro atoms. The average molecular weight is 408 g/mol.